The van der Waals surface area contributed by atoms with Gasteiger partial charge in [0.05, 0.1) is 18.2 Å². The zero-order valence-electron chi connectivity index (χ0n) is 12.1. The SMILES string of the molecule is N#Cc1ccc(OCCC2CCCNC2)c2ccccc12. The van der Waals surface area contributed by atoms with Crippen molar-refractivity contribution in [1.29, 1.82) is 5.26 Å². The van der Waals surface area contributed by atoms with E-state index in [2.05, 4.69) is 11.4 Å². The Morgan fingerprint density at radius 3 is 2.81 bits per heavy atom. The lowest BCUT2D eigenvalue weighted by Crippen LogP contribution is -2.30. The van der Waals surface area contributed by atoms with Crippen molar-refractivity contribution in [2.75, 3.05) is 19.7 Å². The summed E-state index contributed by atoms with van der Waals surface area (Å²) in [5, 5.41) is 14.6. The van der Waals surface area contributed by atoms with Crippen LogP contribution in [0.3, 0.4) is 0 Å². The third-order valence-corrected chi connectivity index (χ3v) is 4.19. The van der Waals surface area contributed by atoms with Crippen LogP contribution in [0.1, 0.15) is 24.8 Å². The summed E-state index contributed by atoms with van der Waals surface area (Å²) in [5.74, 6) is 1.61. The highest BCUT2D eigenvalue weighted by Gasteiger charge is 2.13. The van der Waals surface area contributed by atoms with Crippen LogP contribution in [0.15, 0.2) is 36.4 Å². The molecule has 2 aromatic carbocycles. The second-order valence-electron chi connectivity index (χ2n) is 5.62. The minimum absolute atomic E-state index is 0.703. The van der Waals surface area contributed by atoms with E-state index in [1.54, 1.807) is 0 Å². The monoisotopic (exact) mass is 280 g/mol. The molecule has 108 valence electrons. The van der Waals surface area contributed by atoms with E-state index in [1.165, 1.54) is 12.8 Å². The number of piperidine rings is 1. The van der Waals surface area contributed by atoms with Gasteiger partial charge in [-0.3, -0.25) is 0 Å². The van der Waals surface area contributed by atoms with Gasteiger partial charge in [-0.1, -0.05) is 24.3 Å². The molecule has 1 saturated heterocycles. The van der Waals surface area contributed by atoms with Crippen LogP contribution >= 0.6 is 0 Å². The molecule has 1 fully saturated rings. The summed E-state index contributed by atoms with van der Waals surface area (Å²) in [6.45, 7) is 3.00. The first-order chi connectivity index (χ1) is 10.4. The third kappa shape index (κ3) is 3.17. The maximum atomic E-state index is 9.17. The highest BCUT2D eigenvalue weighted by Crippen LogP contribution is 2.28. The molecule has 1 heterocycles. The predicted molar refractivity (Wildman–Crippen MR) is 84.4 cm³/mol. The number of rotatable bonds is 4. The summed E-state index contributed by atoms with van der Waals surface area (Å²) < 4.78 is 5.98. The normalized spacial score (nSPS) is 18.3. The highest BCUT2D eigenvalue weighted by atomic mass is 16.5. The van der Waals surface area contributed by atoms with Gasteiger partial charge < -0.3 is 10.1 Å². The van der Waals surface area contributed by atoms with Crippen molar-refractivity contribution in [3.05, 3.63) is 42.0 Å². The molecule has 0 bridgehead atoms. The fourth-order valence-electron chi connectivity index (χ4n) is 3.00. The average Bonchev–Trinajstić information content (AvgIpc) is 2.56. The molecule has 0 saturated carbocycles. The van der Waals surface area contributed by atoms with E-state index in [9.17, 15) is 5.26 Å². The van der Waals surface area contributed by atoms with Crippen molar-refractivity contribution < 1.29 is 4.74 Å². The minimum atomic E-state index is 0.703. The molecular formula is C18H20N2O. The first-order valence-corrected chi connectivity index (χ1v) is 7.64. The number of nitriles is 1. The summed E-state index contributed by atoms with van der Waals surface area (Å²) >= 11 is 0. The molecule has 1 N–H and O–H groups in total. The molecule has 1 atom stereocenters. The fourth-order valence-corrected chi connectivity index (χ4v) is 3.00. The molecule has 0 radical (unpaired) electrons. The van der Waals surface area contributed by atoms with Gasteiger partial charge in [0.2, 0.25) is 0 Å². The maximum absolute atomic E-state index is 9.17. The van der Waals surface area contributed by atoms with Gasteiger partial charge in [-0.25, -0.2) is 0 Å². The summed E-state index contributed by atoms with van der Waals surface area (Å²) in [6, 6.07) is 14.0. The zero-order valence-corrected chi connectivity index (χ0v) is 12.1. The Bertz CT molecular complexity index is 654. The molecule has 3 rings (SSSR count). The fraction of sp³-hybridized carbons (Fsp3) is 0.389. The second-order valence-corrected chi connectivity index (χ2v) is 5.62. The summed E-state index contributed by atoms with van der Waals surface area (Å²) in [5.41, 5.74) is 0.703. The van der Waals surface area contributed by atoms with E-state index < -0.39 is 0 Å². The van der Waals surface area contributed by atoms with E-state index in [0.717, 1.165) is 48.6 Å². The molecule has 3 nitrogen and oxygen atoms in total. The molecule has 0 aliphatic carbocycles. The standard InChI is InChI=1S/C18H20N2O/c19-12-15-7-8-18(17-6-2-1-5-16(15)17)21-11-9-14-4-3-10-20-13-14/h1-2,5-8,14,20H,3-4,9-11,13H2. The van der Waals surface area contributed by atoms with Gasteiger partial charge in [-0.2, -0.15) is 5.26 Å². The van der Waals surface area contributed by atoms with Crippen LogP contribution in [-0.2, 0) is 0 Å². The van der Waals surface area contributed by atoms with E-state index in [4.69, 9.17) is 4.74 Å². The Morgan fingerprint density at radius 2 is 2.05 bits per heavy atom. The summed E-state index contributed by atoms with van der Waals surface area (Å²) in [4.78, 5) is 0. The maximum Gasteiger partial charge on any atom is 0.127 e. The average molecular weight is 280 g/mol. The Balaban J connectivity index is 1.71. The Kier molecular flexibility index (Phi) is 4.37. The van der Waals surface area contributed by atoms with Gasteiger partial charge in [-0.05, 0) is 50.4 Å². The largest absolute Gasteiger partial charge is 0.493 e. The van der Waals surface area contributed by atoms with Crippen molar-refractivity contribution in [2.45, 2.75) is 19.3 Å². The molecule has 0 spiro atoms. The lowest BCUT2D eigenvalue weighted by Gasteiger charge is -2.22. The summed E-state index contributed by atoms with van der Waals surface area (Å²) in [6.07, 6.45) is 3.65. The third-order valence-electron chi connectivity index (χ3n) is 4.19. The molecule has 0 amide bonds. The lowest BCUT2D eigenvalue weighted by atomic mass is 9.97. The van der Waals surface area contributed by atoms with Crippen LogP contribution in [0.5, 0.6) is 5.75 Å². The van der Waals surface area contributed by atoms with Crippen molar-refractivity contribution in [3.63, 3.8) is 0 Å². The Labute approximate surface area is 125 Å². The number of hydrogen-bond donors (Lipinski definition) is 1. The quantitative estimate of drug-likeness (QED) is 0.932. The lowest BCUT2D eigenvalue weighted by molar-refractivity contribution is 0.256. The smallest absolute Gasteiger partial charge is 0.127 e. The van der Waals surface area contributed by atoms with Crippen molar-refractivity contribution in [1.82, 2.24) is 5.32 Å². The van der Waals surface area contributed by atoms with Crippen LogP contribution in [-0.4, -0.2) is 19.7 Å². The number of nitrogens with one attached hydrogen (secondary N) is 1. The number of fused-ring (bicyclic) bond motifs is 1. The Morgan fingerprint density at radius 1 is 1.19 bits per heavy atom. The van der Waals surface area contributed by atoms with Gasteiger partial charge in [0, 0.05) is 10.8 Å². The number of nitrogens with zero attached hydrogens (tertiary/aromatic N) is 1. The number of benzene rings is 2. The van der Waals surface area contributed by atoms with Crippen LogP contribution < -0.4 is 10.1 Å². The first-order valence-electron chi connectivity index (χ1n) is 7.64. The molecule has 1 unspecified atom stereocenters. The van der Waals surface area contributed by atoms with Gasteiger partial charge in [-0.15, -0.1) is 0 Å². The van der Waals surface area contributed by atoms with E-state index in [-0.39, 0.29) is 0 Å². The predicted octanol–water partition coefficient (Wildman–Crippen LogP) is 3.48. The van der Waals surface area contributed by atoms with Crippen LogP contribution in [0.4, 0.5) is 0 Å². The van der Waals surface area contributed by atoms with E-state index >= 15 is 0 Å². The molecule has 1 aliphatic rings. The molecule has 21 heavy (non-hydrogen) atoms. The molecule has 3 heteroatoms. The van der Waals surface area contributed by atoms with Crippen molar-refractivity contribution >= 4 is 10.8 Å². The van der Waals surface area contributed by atoms with E-state index in [0.29, 0.717) is 5.56 Å². The van der Waals surface area contributed by atoms with Crippen LogP contribution in [0.25, 0.3) is 10.8 Å². The van der Waals surface area contributed by atoms with Crippen LogP contribution in [0, 0.1) is 17.2 Å². The van der Waals surface area contributed by atoms with Gasteiger partial charge in [0.15, 0.2) is 0 Å². The van der Waals surface area contributed by atoms with Gasteiger partial charge >= 0.3 is 0 Å². The van der Waals surface area contributed by atoms with Crippen molar-refractivity contribution in [3.8, 4) is 11.8 Å². The topological polar surface area (TPSA) is 45.0 Å². The van der Waals surface area contributed by atoms with Crippen LogP contribution in [0.2, 0.25) is 0 Å². The van der Waals surface area contributed by atoms with E-state index in [1.807, 2.05) is 36.4 Å². The number of ether oxygens (including phenoxy) is 1. The number of hydrogen-bond acceptors (Lipinski definition) is 3. The molecule has 1 aliphatic heterocycles. The zero-order chi connectivity index (χ0) is 14.5. The van der Waals surface area contributed by atoms with Gasteiger partial charge in [0.1, 0.15) is 5.75 Å². The molecular weight excluding hydrogens is 260 g/mol. The van der Waals surface area contributed by atoms with Crippen molar-refractivity contribution in [2.24, 2.45) is 5.92 Å². The Hall–Kier alpha value is -2.05. The molecule has 2 aromatic rings. The second kappa shape index (κ2) is 6.60. The highest BCUT2D eigenvalue weighted by molar-refractivity contribution is 5.92. The summed E-state index contributed by atoms with van der Waals surface area (Å²) in [7, 11) is 0. The first kappa shape index (κ1) is 13.9. The molecule has 0 aromatic heterocycles. The van der Waals surface area contributed by atoms with Gasteiger partial charge in [0.25, 0.3) is 0 Å². The minimum Gasteiger partial charge on any atom is -0.493 e.